The molecule has 0 spiro atoms. The summed E-state index contributed by atoms with van der Waals surface area (Å²) in [6.45, 7) is -1.20. The van der Waals surface area contributed by atoms with Crippen molar-refractivity contribution in [2.75, 3.05) is 13.2 Å². The van der Waals surface area contributed by atoms with Gasteiger partial charge in [-0.3, -0.25) is 0 Å². The van der Waals surface area contributed by atoms with Crippen molar-refractivity contribution in [2.24, 2.45) is 0 Å². The molecule has 1 aliphatic heterocycles. The SMILES string of the molecule is OC[C@@H](O)[C@@H](O)[C@H](O)[C@@H](O)[C@H]1OC[C@H](O)[C@@H](O)[C@@H]1O. The third kappa shape index (κ3) is 3.60. The van der Waals surface area contributed by atoms with E-state index in [4.69, 9.17) is 14.9 Å². The Morgan fingerprint density at radius 1 is 0.947 bits per heavy atom. The zero-order chi connectivity index (χ0) is 14.7. The van der Waals surface area contributed by atoms with E-state index in [-0.39, 0.29) is 6.61 Å². The zero-order valence-corrected chi connectivity index (χ0v) is 10.0. The number of hydrogen-bond acceptors (Lipinski definition) is 9. The molecule has 1 aliphatic rings. The second-order valence-corrected chi connectivity index (χ2v) is 4.57. The van der Waals surface area contributed by atoms with E-state index in [1.165, 1.54) is 0 Å². The van der Waals surface area contributed by atoms with E-state index < -0.39 is 55.4 Å². The highest BCUT2D eigenvalue weighted by Crippen LogP contribution is 2.21. The Morgan fingerprint density at radius 3 is 2.05 bits per heavy atom. The number of aliphatic hydroxyl groups is 8. The highest BCUT2D eigenvalue weighted by molar-refractivity contribution is 4.94. The lowest BCUT2D eigenvalue weighted by atomic mass is 9.91. The van der Waals surface area contributed by atoms with Crippen LogP contribution in [0.15, 0.2) is 0 Å². The first-order valence-electron chi connectivity index (χ1n) is 5.80. The lowest BCUT2D eigenvalue weighted by Gasteiger charge is -2.39. The number of hydrogen-bond donors (Lipinski definition) is 8. The topological polar surface area (TPSA) is 171 Å². The minimum absolute atomic E-state index is 0.370. The summed E-state index contributed by atoms with van der Waals surface area (Å²) in [7, 11) is 0. The molecule has 0 amide bonds. The van der Waals surface area contributed by atoms with Crippen LogP contribution in [-0.2, 0) is 4.74 Å². The number of aliphatic hydroxyl groups excluding tert-OH is 8. The van der Waals surface area contributed by atoms with Crippen LogP contribution < -0.4 is 0 Å². The van der Waals surface area contributed by atoms with Gasteiger partial charge in [0, 0.05) is 0 Å². The van der Waals surface area contributed by atoms with E-state index in [0.29, 0.717) is 0 Å². The summed E-state index contributed by atoms with van der Waals surface area (Å²) in [4.78, 5) is 0. The summed E-state index contributed by atoms with van der Waals surface area (Å²) in [5.41, 5.74) is 0. The average Bonchev–Trinajstić information content (AvgIpc) is 2.41. The molecule has 1 rings (SSSR count). The average molecular weight is 284 g/mol. The van der Waals surface area contributed by atoms with Crippen LogP contribution in [0.5, 0.6) is 0 Å². The van der Waals surface area contributed by atoms with Gasteiger partial charge in [-0.25, -0.2) is 0 Å². The molecule has 9 heteroatoms. The first-order chi connectivity index (χ1) is 8.81. The summed E-state index contributed by atoms with van der Waals surface area (Å²) in [5.74, 6) is 0. The first-order valence-corrected chi connectivity index (χ1v) is 5.80. The van der Waals surface area contributed by atoms with Crippen molar-refractivity contribution < 1.29 is 45.6 Å². The normalized spacial score (nSPS) is 38.5. The molecule has 0 aromatic rings. The van der Waals surface area contributed by atoms with Crippen molar-refractivity contribution in [3.05, 3.63) is 0 Å². The van der Waals surface area contributed by atoms with Gasteiger partial charge in [0.05, 0.1) is 13.2 Å². The van der Waals surface area contributed by atoms with Gasteiger partial charge in [-0.05, 0) is 0 Å². The molecule has 8 atom stereocenters. The van der Waals surface area contributed by atoms with Gasteiger partial charge in [0.2, 0.25) is 0 Å². The van der Waals surface area contributed by atoms with Crippen LogP contribution in [-0.4, -0.2) is 103 Å². The standard InChI is InChI=1S/C10H20O9/c11-1-3(12)5(14)7(16)9(18)10-8(17)6(15)4(13)2-19-10/h3-18H,1-2H2/t3-,4+,5-,6-,7+,8+,9-,10+/m1/s1. The summed E-state index contributed by atoms with van der Waals surface area (Å²) in [6, 6.07) is 0. The van der Waals surface area contributed by atoms with Crippen LogP contribution in [0.4, 0.5) is 0 Å². The van der Waals surface area contributed by atoms with Crippen molar-refractivity contribution in [1.29, 1.82) is 0 Å². The predicted molar refractivity (Wildman–Crippen MR) is 58.9 cm³/mol. The maximum atomic E-state index is 9.75. The monoisotopic (exact) mass is 284 g/mol. The van der Waals surface area contributed by atoms with Crippen molar-refractivity contribution in [3.8, 4) is 0 Å². The van der Waals surface area contributed by atoms with Gasteiger partial charge in [0.1, 0.15) is 48.8 Å². The van der Waals surface area contributed by atoms with E-state index in [9.17, 15) is 30.6 Å². The highest BCUT2D eigenvalue weighted by Gasteiger charge is 2.45. The molecule has 0 bridgehead atoms. The Kier molecular flexibility index (Phi) is 6.05. The molecule has 0 radical (unpaired) electrons. The Hall–Kier alpha value is -0.360. The number of rotatable bonds is 5. The molecule has 1 heterocycles. The maximum absolute atomic E-state index is 9.75. The predicted octanol–water partition coefficient (Wildman–Crippen LogP) is -5.10. The lowest BCUT2D eigenvalue weighted by Crippen LogP contribution is -2.61. The van der Waals surface area contributed by atoms with Crippen molar-refractivity contribution >= 4 is 0 Å². The van der Waals surface area contributed by atoms with Gasteiger partial charge in [-0.15, -0.1) is 0 Å². The van der Waals surface area contributed by atoms with Gasteiger partial charge < -0.3 is 45.6 Å². The van der Waals surface area contributed by atoms with Gasteiger partial charge >= 0.3 is 0 Å². The molecule has 0 aromatic carbocycles. The fraction of sp³-hybridized carbons (Fsp3) is 1.00. The Bertz CT molecular complexity index is 276. The first kappa shape index (κ1) is 16.7. The minimum atomic E-state index is -1.91. The van der Waals surface area contributed by atoms with E-state index in [2.05, 4.69) is 0 Å². The van der Waals surface area contributed by atoms with E-state index in [1.54, 1.807) is 0 Å². The van der Waals surface area contributed by atoms with Crippen molar-refractivity contribution in [3.63, 3.8) is 0 Å². The summed E-state index contributed by atoms with van der Waals surface area (Å²) < 4.78 is 4.89. The summed E-state index contributed by atoms with van der Waals surface area (Å²) >= 11 is 0. The van der Waals surface area contributed by atoms with Gasteiger partial charge in [0.15, 0.2) is 0 Å². The molecule has 8 N–H and O–H groups in total. The van der Waals surface area contributed by atoms with Crippen molar-refractivity contribution in [2.45, 2.75) is 48.8 Å². The van der Waals surface area contributed by atoms with Gasteiger partial charge in [-0.1, -0.05) is 0 Å². The largest absolute Gasteiger partial charge is 0.394 e. The maximum Gasteiger partial charge on any atom is 0.115 e. The molecule has 1 saturated heterocycles. The number of ether oxygens (including phenoxy) is 1. The minimum Gasteiger partial charge on any atom is -0.394 e. The molecular weight excluding hydrogens is 264 g/mol. The van der Waals surface area contributed by atoms with Gasteiger partial charge in [0.25, 0.3) is 0 Å². The summed E-state index contributed by atoms with van der Waals surface area (Å²) in [6.07, 6.45) is -13.3. The molecule has 0 aliphatic carbocycles. The molecule has 0 saturated carbocycles. The molecule has 0 aromatic heterocycles. The quantitative estimate of drug-likeness (QED) is 0.246. The highest BCUT2D eigenvalue weighted by atomic mass is 16.5. The fourth-order valence-electron chi connectivity index (χ4n) is 1.86. The Balaban J connectivity index is 2.68. The molecule has 114 valence electrons. The molecule has 1 fully saturated rings. The second-order valence-electron chi connectivity index (χ2n) is 4.57. The molecular formula is C10H20O9. The third-order valence-electron chi connectivity index (χ3n) is 3.16. The van der Waals surface area contributed by atoms with Crippen LogP contribution in [0.25, 0.3) is 0 Å². The Labute approximate surface area is 108 Å². The van der Waals surface area contributed by atoms with Crippen LogP contribution in [0.2, 0.25) is 0 Å². The van der Waals surface area contributed by atoms with Crippen molar-refractivity contribution in [1.82, 2.24) is 0 Å². The second kappa shape index (κ2) is 6.88. The van der Waals surface area contributed by atoms with E-state index >= 15 is 0 Å². The third-order valence-corrected chi connectivity index (χ3v) is 3.16. The van der Waals surface area contributed by atoms with Gasteiger partial charge in [-0.2, -0.15) is 0 Å². The molecule has 19 heavy (non-hydrogen) atoms. The van der Waals surface area contributed by atoms with Crippen LogP contribution in [0.1, 0.15) is 0 Å². The molecule has 0 unspecified atom stereocenters. The zero-order valence-electron chi connectivity index (χ0n) is 10.0. The smallest absolute Gasteiger partial charge is 0.115 e. The Morgan fingerprint density at radius 2 is 1.53 bits per heavy atom. The van der Waals surface area contributed by atoms with Crippen LogP contribution >= 0.6 is 0 Å². The van der Waals surface area contributed by atoms with E-state index in [0.717, 1.165) is 0 Å². The van der Waals surface area contributed by atoms with E-state index in [1.807, 2.05) is 0 Å². The van der Waals surface area contributed by atoms with Crippen LogP contribution in [0, 0.1) is 0 Å². The fourth-order valence-corrected chi connectivity index (χ4v) is 1.86. The summed E-state index contributed by atoms with van der Waals surface area (Å²) in [5, 5.41) is 74.8. The van der Waals surface area contributed by atoms with Crippen LogP contribution in [0.3, 0.4) is 0 Å². The molecule has 9 nitrogen and oxygen atoms in total. The lowest BCUT2D eigenvalue weighted by molar-refractivity contribution is -0.232.